The number of aromatic nitrogens is 4. The number of rotatable bonds is 3. The standard InChI is InChI=1S/C14H17N5O2/c1-21-13(20)11-6-5-9-18(10-11)14-15-16-17-19(14)12-7-3-2-4-8-12/h2-4,7-8,11H,5-6,9-10H2,1H3/t11-/m0/s1. The number of carbonyl (C=O) groups excluding carboxylic acids is 1. The van der Waals surface area contributed by atoms with Crippen LogP contribution in [0.4, 0.5) is 5.95 Å². The second-order valence-electron chi connectivity index (χ2n) is 5.03. The summed E-state index contributed by atoms with van der Waals surface area (Å²) >= 11 is 0. The van der Waals surface area contributed by atoms with Gasteiger partial charge in [-0.3, -0.25) is 4.79 Å². The molecule has 0 saturated carbocycles. The van der Waals surface area contributed by atoms with E-state index in [1.165, 1.54) is 7.11 Å². The molecule has 1 aliphatic rings. The Morgan fingerprint density at radius 3 is 2.90 bits per heavy atom. The SMILES string of the molecule is COC(=O)[C@H]1CCCN(c2nnnn2-c2ccccc2)C1. The Balaban J connectivity index is 1.85. The summed E-state index contributed by atoms with van der Waals surface area (Å²) in [6.45, 7) is 1.42. The fraction of sp³-hybridized carbons (Fsp3) is 0.429. The van der Waals surface area contributed by atoms with Gasteiger partial charge >= 0.3 is 5.97 Å². The number of tetrazole rings is 1. The molecule has 0 aliphatic carbocycles. The fourth-order valence-corrected chi connectivity index (χ4v) is 2.63. The number of nitrogens with zero attached hydrogens (tertiary/aromatic N) is 5. The van der Waals surface area contributed by atoms with E-state index in [0.29, 0.717) is 12.5 Å². The van der Waals surface area contributed by atoms with Gasteiger partial charge in [0.15, 0.2) is 0 Å². The molecule has 7 nitrogen and oxygen atoms in total. The third-order valence-electron chi connectivity index (χ3n) is 3.69. The van der Waals surface area contributed by atoms with Crippen molar-refractivity contribution in [2.45, 2.75) is 12.8 Å². The molecule has 7 heteroatoms. The summed E-state index contributed by atoms with van der Waals surface area (Å²) in [6.07, 6.45) is 1.76. The Labute approximate surface area is 122 Å². The van der Waals surface area contributed by atoms with E-state index in [2.05, 4.69) is 15.5 Å². The number of esters is 1. The van der Waals surface area contributed by atoms with Crippen LogP contribution in [0, 0.1) is 5.92 Å². The number of anilines is 1. The van der Waals surface area contributed by atoms with Crippen LogP contribution in [0.3, 0.4) is 0 Å². The van der Waals surface area contributed by atoms with Crippen LogP contribution in [0.25, 0.3) is 5.69 Å². The van der Waals surface area contributed by atoms with E-state index in [1.54, 1.807) is 4.68 Å². The van der Waals surface area contributed by atoms with Crippen LogP contribution in [-0.2, 0) is 9.53 Å². The molecule has 1 fully saturated rings. The highest BCUT2D eigenvalue weighted by molar-refractivity contribution is 5.73. The van der Waals surface area contributed by atoms with Gasteiger partial charge in [-0.05, 0) is 35.4 Å². The normalized spacial score (nSPS) is 18.5. The van der Waals surface area contributed by atoms with Crippen molar-refractivity contribution in [1.82, 2.24) is 20.2 Å². The molecule has 0 amide bonds. The topological polar surface area (TPSA) is 73.1 Å². The van der Waals surface area contributed by atoms with Crippen molar-refractivity contribution in [3.63, 3.8) is 0 Å². The van der Waals surface area contributed by atoms with Crippen LogP contribution in [0.15, 0.2) is 30.3 Å². The molecular formula is C14H17N5O2. The molecular weight excluding hydrogens is 270 g/mol. The first-order valence-electron chi connectivity index (χ1n) is 6.96. The predicted molar refractivity (Wildman–Crippen MR) is 76.1 cm³/mol. The second kappa shape index (κ2) is 5.90. The summed E-state index contributed by atoms with van der Waals surface area (Å²) in [5.74, 6) is 0.373. The lowest BCUT2D eigenvalue weighted by Crippen LogP contribution is -2.40. The van der Waals surface area contributed by atoms with E-state index >= 15 is 0 Å². The lowest BCUT2D eigenvalue weighted by Gasteiger charge is -2.31. The number of benzene rings is 1. The maximum Gasteiger partial charge on any atom is 0.310 e. The summed E-state index contributed by atoms with van der Waals surface area (Å²) in [5.41, 5.74) is 0.901. The van der Waals surface area contributed by atoms with Gasteiger partial charge in [-0.1, -0.05) is 23.3 Å². The van der Waals surface area contributed by atoms with Crippen LogP contribution in [0.2, 0.25) is 0 Å². The second-order valence-corrected chi connectivity index (χ2v) is 5.03. The van der Waals surface area contributed by atoms with Crippen molar-refractivity contribution in [2.24, 2.45) is 5.92 Å². The molecule has 1 saturated heterocycles. The van der Waals surface area contributed by atoms with E-state index in [4.69, 9.17) is 4.74 Å². The minimum Gasteiger partial charge on any atom is -0.469 e. The summed E-state index contributed by atoms with van der Waals surface area (Å²) in [6, 6.07) is 9.72. The van der Waals surface area contributed by atoms with E-state index < -0.39 is 0 Å². The number of para-hydroxylation sites is 1. The zero-order chi connectivity index (χ0) is 14.7. The molecule has 2 heterocycles. The lowest BCUT2D eigenvalue weighted by atomic mass is 9.98. The van der Waals surface area contributed by atoms with Gasteiger partial charge in [0.2, 0.25) is 5.95 Å². The van der Waals surface area contributed by atoms with Crippen LogP contribution < -0.4 is 4.90 Å². The highest BCUT2D eigenvalue weighted by atomic mass is 16.5. The number of carbonyl (C=O) groups is 1. The number of methoxy groups -OCH3 is 1. The van der Waals surface area contributed by atoms with Gasteiger partial charge in [0.25, 0.3) is 0 Å². The van der Waals surface area contributed by atoms with E-state index in [0.717, 1.165) is 25.1 Å². The molecule has 0 N–H and O–H groups in total. The largest absolute Gasteiger partial charge is 0.469 e. The molecule has 2 aromatic rings. The minimum atomic E-state index is -0.168. The first-order chi connectivity index (χ1) is 10.3. The molecule has 0 unspecified atom stereocenters. The molecule has 21 heavy (non-hydrogen) atoms. The average Bonchev–Trinajstić information content (AvgIpc) is 3.04. The Hall–Kier alpha value is -2.44. The number of ether oxygens (including phenoxy) is 1. The summed E-state index contributed by atoms with van der Waals surface area (Å²) in [7, 11) is 1.43. The Kier molecular flexibility index (Phi) is 3.81. The first kappa shape index (κ1) is 13.5. The summed E-state index contributed by atoms with van der Waals surface area (Å²) in [4.78, 5) is 13.8. The van der Waals surface area contributed by atoms with Gasteiger partial charge in [-0.15, -0.1) is 0 Å². The molecule has 1 aromatic carbocycles. The fourth-order valence-electron chi connectivity index (χ4n) is 2.63. The smallest absolute Gasteiger partial charge is 0.310 e. The quantitative estimate of drug-likeness (QED) is 0.786. The zero-order valence-electron chi connectivity index (χ0n) is 11.8. The maximum atomic E-state index is 11.7. The van der Waals surface area contributed by atoms with E-state index in [9.17, 15) is 4.79 Å². The summed E-state index contributed by atoms with van der Waals surface area (Å²) < 4.78 is 6.54. The number of hydrogen-bond donors (Lipinski definition) is 0. The van der Waals surface area contributed by atoms with Gasteiger partial charge in [0.05, 0.1) is 18.7 Å². The monoisotopic (exact) mass is 287 g/mol. The molecule has 0 radical (unpaired) electrons. The molecule has 110 valence electrons. The van der Waals surface area contributed by atoms with Gasteiger partial charge < -0.3 is 9.64 Å². The third kappa shape index (κ3) is 2.72. The van der Waals surface area contributed by atoms with Crippen molar-refractivity contribution in [1.29, 1.82) is 0 Å². The molecule has 3 rings (SSSR count). The minimum absolute atomic E-state index is 0.121. The molecule has 1 aromatic heterocycles. The van der Waals surface area contributed by atoms with Crippen LogP contribution in [0.5, 0.6) is 0 Å². The number of piperidine rings is 1. The summed E-state index contributed by atoms with van der Waals surface area (Å²) in [5, 5.41) is 11.9. The van der Waals surface area contributed by atoms with Gasteiger partial charge in [0, 0.05) is 13.1 Å². The zero-order valence-corrected chi connectivity index (χ0v) is 11.8. The Morgan fingerprint density at radius 1 is 1.33 bits per heavy atom. The van der Waals surface area contributed by atoms with Crippen LogP contribution >= 0.6 is 0 Å². The van der Waals surface area contributed by atoms with E-state index in [-0.39, 0.29) is 11.9 Å². The molecule has 0 bridgehead atoms. The van der Waals surface area contributed by atoms with Gasteiger partial charge in [0.1, 0.15) is 0 Å². The van der Waals surface area contributed by atoms with Crippen molar-refractivity contribution in [2.75, 3.05) is 25.1 Å². The first-order valence-corrected chi connectivity index (χ1v) is 6.96. The Bertz CT molecular complexity index is 613. The van der Waals surface area contributed by atoms with Crippen molar-refractivity contribution >= 4 is 11.9 Å². The van der Waals surface area contributed by atoms with Crippen molar-refractivity contribution in [3.05, 3.63) is 30.3 Å². The highest BCUT2D eigenvalue weighted by Gasteiger charge is 2.29. The van der Waals surface area contributed by atoms with Crippen molar-refractivity contribution < 1.29 is 9.53 Å². The van der Waals surface area contributed by atoms with Gasteiger partial charge in [-0.2, -0.15) is 4.68 Å². The molecule has 1 atom stereocenters. The van der Waals surface area contributed by atoms with Crippen LogP contribution in [-0.4, -0.2) is 46.4 Å². The van der Waals surface area contributed by atoms with Crippen molar-refractivity contribution in [3.8, 4) is 5.69 Å². The average molecular weight is 287 g/mol. The van der Waals surface area contributed by atoms with Crippen LogP contribution in [0.1, 0.15) is 12.8 Å². The highest BCUT2D eigenvalue weighted by Crippen LogP contribution is 2.23. The van der Waals surface area contributed by atoms with Gasteiger partial charge in [-0.25, -0.2) is 0 Å². The third-order valence-corrected chi connectivity index (χ3v) is 3.69. The predicted octanol–water partition coefficient (Wildman–Crippen LogP) is 1.05. The lowest BCUT2D eigenvalue weighted by molar-refractivity contribution is -0.145. The number of hydrogen-bond acceptors (Lipinski definition) is 6. The Morgan fingerprint density at radius 2 is 2.14 bits per heavy atom. The molecule has 1 aliphatic heterocycles. The van der Waals surface area contributed by atoms with E-state index in [1.807, 2.05) is 35.2 Å². The molecule has 0 spiro atoms. The maximum absolute atomic E-state index is 11.7.